The summed E-state index contributed by atoms with van der Waals surface area (Å²) in [5.74, 6) is 2.63. The number of hydrogen-bond donors (Lipinski definition) is 2. The number of nitrogens with zero attached hydrogens (tertiary/aromatic N) is 1. The Kier molecular flexibility index (Phi) is 4.55. The summed E-state index contributed by atoms with van der Waals surface area (Å²) in [7, 11) is 0. The van der Waals surface area contributed by atoms with Gasteiger partial charge in [-0.2, -0.15) is 0 Å². The van der Waals surface area contributed by atoms with Crippen LogP contribution in [0.5, 0.6) is 23.0 Å². The topological polar surface area (TPSA) is 104 Å². The number of rotatable bonds is 5. The van der Waals surface area contributed by atoms with Crippen LogP contribution in [0.4, 0.5) is 11.6 Å². The molecule has 0 atom stereocenters. The molecule has 0 saturated carbocycles. The van der Waals surface area contributed by atoms with Gasteiger partial charge in [0.05, 0.1) is 5.69 Å². The van der Waals surface area contributed by atoms with Gasteiger partial charge in [-0.15, -0.1) is 0 Å². The first kappa shape index (κ1) is 18.2. The molecule has 2 N–H and O–H groups in total. The number of amides is 1. The number of carbonyl (C=O) groups is 1. The van der Waals surface area contributed by atoms with E-state index in [2.05, 4.69) is 15.8 Å². The van der Waals surface area contributed by atoms with Crippen LogP contribution in [0.15, 0.2) is 40.9 Å². The molecule has 30 heavy (non-hydrogen) atoms. The van der Waals surface area contributed by atoms with Crippen LogP contribution in [0, 0.1) is 6.92 Å². The van der Waals surface area contributed by atoms with E-state index in [4.69, 9.17) is 23.5 Å². The highest BCUT2D eigenvalue weighted by molar-refractivity contribution is 6.08. The third-order valence-corrected chi connectivity index (χ3v) is 4.78. The monoisotopic (exact) mass is 409 g/mol. The molecule has 0 bridgehead atoms. The molecule has 5 rings (SSSR count). The lowest BCUT2D eigenvalue weighted by atomic mass is 10.2. The molecular formula is C21H19N3O6. The Morgan fingerprint density at radius 1 is 0.967 bits per heavy atom. The largest absolute Gasteiger partial charge is 0.486 e. The maximum absolute atomic E-state index is 12.9. The summed E-state index contributed by atoms with van der Waals surface area (Å²) < 4.78 is 27.1. The number of ether oxygens (including phenoxy) is 4. The molecule has 1 amide bonds. The minimum atomic E-state index is -0.335. The Hall–Kier alpha value is -3.88. The van der Waals surface area contributed by atoms with E-state index in [0.29, 0.717) is 65.6 Å². The molecule has 154 valence electrons. The summed E-state index contributed by atoms with van der Waals surface area (Å²) in [6.07, 6.45) is 0. The summed E-state index contributed by atoms with van der Waals surface area (Å²) in [5.41, 5.74) is 2.36. The van der Waals surface area contributed by atoms with Crippen LogP contribution in [-0.4, -0.2) is 31.1 Å². The fraction of sp³-hybridized carbons (Fsp3) is 0.238. The minimum Gasteiger partial charge on any atom is -0.486 e. The summed E-state index contributed by atoms with van der Waals surface area (Å²) in [6, 6.07) is 10.9. The molecule has 0 spiro atoms. The standard InChI is InChI=1S/C21H19N3O6/c1-12-19(20(25)23-14-3-5-15-18(9-14)27-7-6-26-15)21(30-24-12)22-10-13-2-4-16-17(8-13)29-11-28-16/h2-5,8-9,22H,6-7,10-11H2,1H3,(H,23,25). The second kappa shape index (κ2) is 7.51. The van der Waals surface area contributed by atoms with Gasteiger partial charge in [-0.05, 0) is 36.8 Å². The summed E-state index contributed by atoms with van der Waals surface area (Å²) in [5, 5.41) is 9.92. The van der Waals surface area contributed by atoms with Crippen LogP contribution >= 0.6 is 0 Å². The van der Waals surface area contributed by atoms with E-state index < -0.39 is 0 Å². The predicted octanol–water partition coefficient (Wildman–Crippen LogP) is 3.35. The molecule has 1 aromatic heterocycles. The van der Waals surface area contributed by atoms with Gasteiger partial charge in [0, 0.05) is 18.3 Å². The number of aryl methyl sites for hydroxylation is 1. The zero-order valence-corrected chi connectivity index (χ0v) is 16.2. The summed E-state index contributed by atoms with van der Waals surface area (Å²) in [6.45, 7) is 3.35. The van der Waals surface area contributed by atoms with Crippen molar-refractivity contribution < 1.29 is 28.3 Å². The third-order valence-electron chi connectivity index (χ3n) is 4.78. The van der Waals surface area contributed by atoms with Gasteiger partial charge in [-0.1, -0.05) is 11.2 Å². The fourth-order valence-electron chi connectivity index (χ4n) is 3.31. The third kappa shape index (κ3) is 3.45. The van der Waals surface area contributed by atoms with E-state index in [0.717, 1.165) is 5.56 Å². The number of aromatic nitrogens is 1. The first-order valence-corrected chi connectivity index (χ1v) is 9.47. The van der Waals surface area contributed by atoms with Gasteiger partial charge in [-0.25, -0.2) is 0 Å². The quantitative estimate of drug-likeness (QED) is 0.661. The van der Waals surface area contributed by atoms with Crippen molar-refractivity contribution in [3.8, 4) is 23.0 Å². The number of benzene rings is 2. The van der Waals surface area contributed by atoms with Gasteiger partial charge in [0.15, 0.2) is 23.0 Å². The molecule has 3 heterocycles. The second-order valence-corrected chi connectivity index (χ2v) is 6.83. The van der Waals surface area contributed by atoms with Crippen molar-refractivity contribution in [3.05, 3.63) is 53.2 Å². The van der Waals surface area contributed by atoms with Crippen LogP contribution in [0.25, 0.3) is 0 Å². The number of nitrogens with one attached hydrogen (secondary N) is 2. The lowest BCUT2D eigenvalue weighted by Gasteiger charge is -2.19. The van der Waals surface area contributed by atoms with Crippen LogP contribution in [0.2, 0.25) is 0 Å². The zero-order chi connectivity index (χ0) is 20.5. The van der Waals surface area contributed by atoms with Crippen LogP contribution < -0.4 is 29.6 Å². The van der Waals surface area contributed by atoms with E-state index in [1.165, 1.54) is 0 Å². The Balaban J connectivity index is 1.30. The normalized spacial score (nSPS) is 13.8. The summed E-state index contributed by atoms with van der Waals surface area (Å²) in [4.78, 5) is 12.9. The molecule has 0 aliphatic carbocycles. The summed E-state index contributed by atoms with van der Waals surface area (Å²) >= 11 is 0. The first-order chi connectivity index (χ1) is 14.7. The van der Waals surface area contributed by atoms with Crippen molar-refractivity contribution in [2.45, 2.75) is 13.5 Å². The lowest BCUT2D eigenvalue weighted by molar-refractivity contribution is 0.102. The fourth-order valence-corrected chi connectivity index (χ4v) is 3.31. The van der Waals surface area contributed by atoms with E-state index >= 15 is 0 Å². The van der Waals surface area contributed by atoms with Gasteiger partial charge >= 0.3 is 0 Å². The van der Waals surface area contributed by atoms with E-state index in [1.807, 2.05) is 18.2 Å². The van der Waals surface area contributed by atoms with Gasteiger partial charge in [-0.3, -0.25) is 4.79 Å². The van der Waals surface area contributed by atoms with Crippen LogP contribution in [-0.2, 0) is 6.54 Å². The molecule has 0 radical (unpaired) electrons. The number of carbonyl (C=O) groups excluding carboxylic acids is 1. The average Bonchev–Trinajstić information content (AvgIpc) is 3.38. The number of hydrogen-bond acceptors (Lipinski definition) is 8. The van der Waals surface area contributed by atoms with Crippen molar-refractivity contribution in [3.63, 3.8) is 0 Å². The van der Waals surface area contributed by atoms with E-state index in [1.54, 1.807) is 25.1 Å². The highest BCUT2D eigenvalue weighted by Crippen LogP contribution is 2.34. The molecule has 0 saturated heterocycles. The molecule has 0 unspecified atom stereocenters. The van der Waals surface area contributed by atoms with Crippen LogP contribution in [0.3, 0.4) is 0 Å². The van der Waals surface area contributed by atoms with Crippen molar-refractivity contribution in [2.24, 2.45) is 0 Å². The van der Waals surface area contributed by atoms with Crippen molar-refractivity contribution in [2.75, 3.05) is 30.6 Å². The molecule has 2 aliphatic heterocycles. The van der Waals surface area contributed by atoms with Crippen LogP contribution in [0.1, 0.15) is 21.6 Å². The Morgan fingerprint density at radius 2 is 1.70 bits per heavy atom. The lowest BCUT2D eigenvalue weighted by Crippen LogP contribution is -2.17. The molecule has 2 aliphatic rings. The highest BCUT2D eigenvalue weighted by Gasteiger charge is 2.22. The minimum absolute atomic E-state index is 0.220. The number of anilines is 2. The molecular weight excluding hydrogens is 390 g/mol. The van der Waals surface area contributed by atoms with Crippen molar-refractivity contribution >= 4 is 17.5 Å². The Bertz CT molecular complexity index is 1110. The maximum Gasteiger partial charge on any atom is 0.263 e. The van der Waals surface area contributed by atoms with E-state index in [-0.39, 0.29) is 12.7 Å². The molecule has 3 aromatic rings. The Morgan fingerprint density at radius 3 is 2.60 bits per heavy atom. The first-order valence-electron chi connectivity index (χ1n) is 9.47. The highest BCUT2D eigenvalue weighted by atomic mass is 16.7. The SMILES string of the molecule is Cc1noc(NCc2ccc3c(c2)OCO3)c1C(=O)Nc1ccc2c(c1)OCCO2. The van der Waals surface area contributed by atoms with Gasteiger partial charge in [0.2, 0.25) is 12.7 Å². The Labute approximate surface area is 171 Å². The average molecular weight is 409 g/mol. The van der Waals surface area contributed by atoms with Gasteiger partial charge in [0.1, 0.15) is 18.8 Å². The van der Waals surface area contributed by atoms with E-state index in [9.17, 15) is 4.79 Å². The van der Waals surface area contributed by atoms with Gasteiger partial charge in [0.25, 0.3) is 5.91 Å². The molecule has 9 heteroatoms. The smallest absolute Gasteiger partial charge is 0.263 e. The second-order valence-electron chi connectivity index (χ2n) is 6.83. The van der Waals surface area contributed by atoms with Gasteiger partial charge < -0.3 is 34.1 Å². The predicted molar refractivity (Wildman–Crippen MR) is 107 cm³/mol. The van der Waals surface area contributed by atoms with Crippen molar-refractivity contribution in [1.29, 1.82) is 0 Å². The maximum atomic E-state index is 12.9. The molecule has 9 nitrogen and oxygen atoms in total. The number of fused-ring (bicyclic) bond motifs is 2. The molecule has 2 aromatic carbocycles. The zero-order valence-electron chi connectivity index (χ0n) is 16.2. The molecule has 0 fully saturated rings. The van der Waals surface area contributed by atoms with Crippen molar-refractivity contribution in [1.82, 2.24) is 5.16 Å².